The second-order valence-electron chi connectivity index (χ2n) is 4.81. The van der Waals surface area contributed by atoms with Crippen molar-refractivity contribution in [2.24, 2.45) is 0 Å². The predicted molar refractivity (Wildman–Crippen MR) is 77.8 cm³/mol. The van der Waals surface area contributed by atoms with Crippen LogP contribution in [0.5, 0.6) is 11.5 Å². The number of aromatic hydroxyl groups is 1. The molecule has 1 atom stereocenters. The Bertz CT molecular complexity index is 593. The quantitative estimate of drug-likeness (QED) is 0.885. The molecule has 0 aliphatic heterocycles. The fourth-order valence-corrected chi connectivity index (χ4v) is 2.16. The van der Waals surface area contributed by atoms with Crippen molar-refractivity contribution in [2.45, 2.75) is 19.9 Å². The van der Waals surface area contributed by atoms with Crippen LogP contribution in [0.15, 0.2) is 36.4 Å². The molecule has 2 rings (SSSR count). The number of halogens is 1. The first-order valence-electron chi connectivity index (χ1n) is 6.40. The van der Waals surface area contributed by atoms with Gasteiger partial charge in [0.05, 0.1) is 13.2 Å². The van der Waals surface area contributed by atoms with E-state index in [9.17, 15) is 9.50 Å². The molecule has 0 aromatic heterocycles. The highest BCUT2D eigenvalue weighted by molar-refractivity contribution is 5.50. The van der Waals surface area contributed by atoms with Crippen LogP contribution >= 0.6 is 0 Å². The molecule has 0 saturated heterocycles. The standard InChI is InChI=1S/C16H18FNO2/c1-10-6-12(17)8-13(7-10)18-11(2)15-5-4-14(20-3)9-16(15)19/h4-9,11,18-19H,1-3H3. The van der Waals surface area contributed by atoms with E-state index >= 15 is 0 Å². The van der Waals surface area contributed by atoms with Crippen LogP contribution in [0.1, 0.15) is 24.1 Å². The predicted octanol–water partition coefficient (Wildman–Crippen LogP) is 4.02. The topological polar surface area (TPSA) is 41.5 Å². The van der Waals surface area contributed by atoms with Crippen molar-refractivity contribution in [3.8, 4) is 11.5 Å². The molecule has 0 saturated carbocycles. The first-order chi connectivity index (χ1) is 9.49. The van der Waals surface area contributed by atoms with E-state index in [1.807, 2.05) is 19.9 Å². The molecule has 0 aliphatic rings. The lowest BCUT2D eigenvalue weighted by Crippen LogP contribution is -2.07. The molecular formula is C16H18FNO2. The van der Waals surface area contributed by atoms with E-state index in [-0.39, 0.29) is 17.6 Å². The number of benzene rings is 2. The number of phenols is 1. The van der Waals surface area contributed by atoms with Gasteiger partial charge in [-0.05, 0) is 49.7 Å². The van der Waals surface area contributed by atoms with E-state index < -0.39 is 0 Å². The summed E-state index contributed by atoms with van der Waals surface area (Å²) >= 11 is 0. The molecule has 0 bridgehead atoms. The number of aryl methyl sites for hydroxylation is 1. The molecule has 0 fully saturated rings. The molecule has 0 aliphatic carbocycles. The first kappa shape index (κ1) is 14.2. The molecule has 0 radical (unpaired) electrons. The zero-order valence-corrected chi connectivity index (χ0v) is 11.8. The van der Waals surface area contributed by atoms with Crippen LogP contribution in [-0.2, 0) is 0 Å². The summed E-state index contributed by atoms with van der Waals surface area (Å²) < 4.78 is 18.4. The average molecular weight is 275 g/mol. The summed E-state index contributed by atoms with van der Waals surface area (Å²) in [5.41, 5.74) is 2.26. The molecule has 3 nitrogen and oxygen atoms in total. The van der Waals surface area contributed by atoms with E-state index in [0.717, 1.165) is 11.1 Å². The Morgan fingerprint density at radius 1 is 1.20 bits per heavy atom. The highest BCUT2D eigenvalue weighted by Gasteiger charge is 2.11. The van der Waals surface area contributed by atoms with Gasteiger partial charge in [0.25, 0.3) is 0 Å². The lowest BCUT2D eigenvalue weighted by molar-refractivity contribution is 0.406. The molecule has 1 unspecified atom stereocenters. The molecule has 0 heterocycles. The second kappa shape index (κ2) is 5.82. The largest absolute Gasteiger partial charge is 0.507 e. The minimum atomic E-state index is -0.279. The number of phenolic OH excluding ortho intramolecular Hbond substituents is 1. The third kappa shape index (κ3) is 3.20. The van der Waals surface area contributed by atoms with Gasteiger partial charge >= 0.3 is 0 Å². The molecular weight excluding hydrogens is 257 g/mol. The third-order valence-corrected chi connectivity index (χ3v) is 3.13. The zero-order valence-electron chi connectivity index (χ0n) is 11.8. The molecule has 0 amide bonds. The minimum Gasteiger partial charge on any atom is -0.507 e. The van der Waals surface area contributed by atoms with Crippen molar-refractivity contribution >= 4 is 5.69 Å². The monoisotopic (exact) mass is 275 g/mol. The summed E-state index contributed by atoms with van der Waals surface area (Å²) in [6.07, 6.45) is 0. The maximum atomic E-state index is 13.4. The Hall–Kier alpha value is -2.23. The van der Waals surface area contributed by atoms with E-state index in [1.54, 1.807) is 25.3 Å². The van der Waals surface area contributed by atoms with Gasteiger partial charge in [0, 0.05) is 17.3 Å². The third-order valence-electron chi connectivity index (χ3n) is 3.13. The Labute approximate surface area is 118 Å². The smallest absolute Gasteiger partial charge is 0.125 e. The number of anilines is 1. The fraction of sp³-hybridized carbons (Fsp3) is 0.250. The van der Waals surface area contributed by atoms with Crippen LogP contribution in [0.3, 0.4) is 0 Å². The summed E-state index contributed by atoms with van der Waals surface area (Å²) in [5, 5.41) is 13.2. The molecule has 106 valence electrons. The van der Waals surface area contributed by atoms with Gasteiger partial charge in [0.2, 0.25) is 0 Å². The normalized spacial score (nSPS) is 12.0. The highest BCUT2D eigenvalue weighted by atomic mass is 19.1. The average Bonchev–Trinajstić information content (AvgIpc) is 2.36. The summed E-state index contributed by atoms with van der Waals surface area (Å²) in [5.74, 6) is 0.469. The van der Waals surface area contributed by atoms with Crippen molar-refractivity contribution in [2.75, 3.05) is 12.4 Å². The number of hydrogen-bond acceptors (Lipinski definition) is 3. The first-order valence-corrected chi connectivity index (χ1v) is 6.40. The molecule has 4 heteroatoms. The van der Waals surface area contributed by atoms with Crippen molar-refractivity contribution in [3.63, 3.8) is 0 Å². The number of methoxy groups -OCH3 is 1. The van der Waals surface area contributed by atoms with Gasteiger partial charge in [-0.25, -0.2) is 4.39 Å². The SMILES string of the molecule is COc1ccc(C(C)Nc2cc(C)cc(F)c2)c(O)c1. The summed E-state index contributed by atoms with van der Waals surface area (Å²) in [6.45, 7) is 3.74. The van der Waals surface area contributed by atoms with E-state index in [2.05, 4.69) is 5.32 Å². The van der Waals surface area contributed by atoms with Crippen molar-refractivity contribution in [1.82, 2.24) is 0 Å². The molecule has 2 N–H and O–H groups in total. The van der Waals surface area contributed by atoms with Crippen LogP contribution in [0.25, 0.3) is 0 Å². The molecule has 20 heavy (non-hydrogen) atoms. The summed E-state index contributed by atoms with van der Waals surface area (Å²) in [4.78, 5) is 0. The Balaban J connectivity index is 2.21. The summed E-state index contributed by atoms with van der Waals surface area (Å²) in [6, 6.07) is 9.75. The highest BCUT2D eigenvalue weighted by Crippen LogP contribution is 2.30. The van der Waals surface area contributed by atoms with Gasteiger partial charge in [-0.15, -0.1) is 0 Å². The van der Waals surface area contributed by atoms with Crippen LogP contribution in [-0.4, -0.2) is 12.2 Å². The van der Waals surface area contributed by atoms with Gasteiger partial charge in [0.1, 0.15) is 17.3 Å². The summed E-state index contributed by atoms with van der Waals surface area (Å²) in [7, 11) is 1.55. The zero-order chi connectivity index (χ0) is 14.7. The molecule has 0 spiro atoms. The minimum absolute atomic E-state index is 0.150. The van der Waals surface area contributed by atoms with E-state index in [1.165, 1.54) is 12.1 Å². The molecule has 2 aromatic rings. The van der Waals surface area contributed by atoms with Gasteiger partial charge in [-0.1, -0.05) is 0 Å². The lowest BCUT2D eigenvalue weighted by Gasteiger charge is -2.18. The lowest BCUT2D eigenvalue weighted by atomic mass is 10.1. The van der Waals surface area contributed by atoms with Crippen molar-refractivity contribution < 1.29 is 14.2 Å². The number of nitrogens with one attached hydrogen (secondary N) is 1. The van der Waals surface area contributed by atoms with Crippen molar-refractivity contribution in [3.05, 3.63) is 53.3 Å². The van der Waals surface area contributed by atoms with Gasteiger partial charge in [-0.2, -0.15) is 0 Å². The Morgan fingerprint density at radius 3 is 2.55 bits per heavy atom. The van der Waals surface area contributed by atoms with Crippen LogP contribution in [0.4, 0.5) is 10.1 Å². The van der Waals surface area contributed by atoms with Crippen molar-refractivity contribution in [1.29, 1.82) is 0 Å². The maximum absolute atomic E-state index is 13.4. The van der Waals surface area contributed by atoms with Gasteiger partial charge in [0.15, 0.2) is 0 Å². The van der Waals surface area contributed by atoms with E-state index in [0.29, 0.717) is 11.4 Å². The maximum Gasteiger partial charge on any atom is 0.125 e. The number of hydrogen-bond donors (Lipinski definition) is 2. The van der Waals surface area contributed by atoms with Crippen LogP contribution in [0.2, 0.25) is 0 Å². The Kier molecular flexibility index (Phi) is 4.13. The number of rotatable bonds is 4. The second-order valence-corrected chi connectivity index (χ2v) is 4.81. The van der Waals surface area contributed by atoms with Crippen LogP contribution in [0, 0.1) is 12.7 Å². The van der Waals surface area contributed by atoms with Gasteiger partial charge in [-0.3, -0.25) is 0 Å². The molecule has 2 aromatic carbocycles. The van der Waals surface area contributed by atoms with E-state index in [4.69, 9.17) is 4.74 Å². The fourth-order valence-electron chi connectivity index (χ4n) is 2.16. The van der Waals surface area contributed by atoms with Gasteiger partial charge < -0.3 is 15.2 Å². The van der Waals surface area contributed by atoms with Crippen LogP contribution < -0.4 is 10.1 Å². The number of ether oxygens (including phenoxy) is 1. The Morgan fingerprint density at radius 2 is 1.95 bits per heavy atom.